The molecule has 0 aromatic carbocycles. The van der Waals surface area contributed by atoms with Crippen molar-refractivity contribution in [2.24, 2.45) is 5.41 Å². The highest BCUT2D eigenvalue weighted by molar-refractivity contribution is 5.93. The van der Waals surface area contributed by atoms with E-state index in [1.165, 1.54) is 16.9 Å². The molecule has 0 unspecified atom stereocenters. The fourth-order valence-corrected chi connectivity index (χ4v) is 5.21. The average molecular weight is 659 g/mol. The molecule has 3 fully saturated rings. The fourth-order valence-electron chi connectivity index (χ4n) is 5.21. The molecule has 3 aromatic heterocycles. The predicted molar refractivity (Wildman–Crippen MR) is 145 cm³/mol. The van der Waals surface area contributed by atoms with Crippen LogP contribution in [0.2, 0.25) is 0 Å². The van der Waals surface area contributed by atoms with Crippen molar-refractivity contribution in [3.63, 3.8) is 0 Å². The molecule has 6 rings (SSSR count). The van der Waals surface area contributed by atoms with Crippen LogP contribution in [0.3, 0.4) is 0 Å². The molecule has 12 nitrogen and oxygen atoms in total. The van der Waals surface area contributed by atoms with Crippen molar-refractivity contribution in [1.82, 2.24) is 40.4 Å². The maximum absolute atomic E-state index is 13.7. The number of hydrogen-bond acceptors (Lipinski definition) is 8. The summed E-state index contributed by atoms with van der Waals surface area (Å²) in [5, 5.41) is 16.5. The van der Waals surface area contributed by atoms with Crippen LogP contribution in [0.1, 0.15) is 91.8 Å². The molecule has 3 atom stereocenters. The van der Waals surface area contributed by atoms with Gasteiger partial charge in [0, 0.05) is 12.3 Å². The van der Waals surface area contributed by atoms with Crippen LogP contribution in [-0.4, -0.2) is 79.0 Å². The van der Waals surface area contributed by atoms with E-state index in [4.69, 9.17) is 9.37 Å². The highest BCUT2D eigenvalue weighted by Gasteiger charge is 2.49. The molecular weight excluding hydrogens is 626 g/mol. The normalized spacial score (nSPS) is 20.7. The molecule has 46 heavy (non-hydrogen) atoms. The monoisotopic (exact) mass is 658 g/mol. The van der Waals surface area contributed by atoms with Crippen molar-refractivity contribution in [2.45, 2.75) is 101 Å². The summed E-state index contributed by atoms with van der Waals surface area (Å²) in [7, 11) is 0. The summed E-state index contributed by atoms with van der Waals surface area (Å²) in [6.07, 6.45) is -4.72. The standard InChI is InChI=1S/C28H32F6N8O4/c1-26(2,28(32,33)34)8-7-17(37-24(43)23-22(15-3-4-15)39-46-40-23)18-12-42-20(36-18)9-14(11-35-42)10-21(45-16-5-6-16)41-13-19(27(29,30)31)38-25(41)44/h9,11-12,15-17,19,21H,3-8,10,13H2,1-2H3,(H,37,43)(H,38,44)/t17-,19-,21-/m0/s1. The van der Waals surface area contributed by atoms with Crippen LogP contribution in [0.25, 0.3) is 5.65 Å². The van der Waals surface area contributed by atoms with Crippen LogP contribution in [-0.2, 0) is 11.2 Å². The molecule has 1 saturated heterocycles. The van der Waals surface area contributed by atoms with Crippen LogP contribution < -0.4 is 10.6 Å². The molecule has 0 radical (unpaired) electrons. The lowest BCUT2D eigenvalue weighted by atomic mass is 9.85. The first-order valence-corrected chi connectivity index (χ1v) is 14.9. The minimum absolute atomic E-state index is 0.0171. The van der Waals surface area contributed by atoms with Crippen molar-refractivity contribution >= 4 is 17.6 Å². The topological polar surface area (TPSA) is 140 Å². The molecule has 3 aliphatic rings. The first kappa shape index (κ1) is 32.0. The van der Waals surface area contributed by atoms with Gasteiger partial charge in [-0.25, -0.2) is 18.9 Å². The summed E-state index contributed by atoms with van der Waals surface area (Å²) >= 11 is 0. The predicted octanol–water partition coefficient (Wildman–Crippen LogP) is 4.83. The Balaban J connectivity index is 1.24. The molecule has 1 aliphatic heterocycles. The Morgan fingerprint density at radius 2 is 1.89 bits per heavy atom. The molecule has 2 aliphatic carbocycles. The van der Waals surface area contributed by atoms with E-state index in [9.17, 15) is 35.9 Å². The molecule has 0 bridgehead atoms. The second kappa shape index (κ2) is 11.7. The van der Waals surface area contributed by atoms with Crippen LogP contribution in [0, 0.1) is 5.41 Å². The zero-order valence-corrected chi connectivity index (χ0v) is 24.9. The van der Waals surface area contributed by atoms with Gasteiger partial charge in [-0.15, -0.1) is 0 Å². The lowest BCUT2D eigenvalue weighted by molar-refractivity contribution is -0.214. The van der Waals surface area contributed by atoms with Gasteiger partial charge in [-0.05, 0) is 55.3 Å². The number of rotatable bonds is 12. The maximum atomic E-state index is 13.7. The van der Waals surface area contributed by atoms with Crippen molar-refractivity contribution in [2.75, 3.05) is 6.54 Å². The molecular formula is C28H32F6N8O4. The lowest BCUT2D eigenvalue weighted by Gasteiger charge is -2.29. The number of fused-ring (bicyclic) bond motifs is 1. The number of imidazole rings is 1. The highest BCUT2D eigenvalue weighted by atomic mass is 19.4. The highest BCUT2D eigenvalue weighted by Crippen LogP contribution is 2.43. The Morgan fingerprint density at radius 3 is 2.52 bits per heavy atom. The van der Waals surface area contributed by atoms with Crippen LogP contribution in [0.5, 0.6) is 0 Å². The van der Waals surface area contributed by atoms with E-state index in [2.05, 4.69) is 25.7 Å². The van der Waals surface area contributed by atoms with E-state index in [1.807, 2.05) is 5.32 Å². The van der Waals surface area contributed by atoms with E-state index in [1.54, 1.807) is 6.07 Å². The Morgan fingerprint density at radius 1 is 1.15 bits per heavy atom. The Kier molecular flexibility index (Phi) is 8.13. The van der Waals surface area contributed by atoms with Gasteiger partial charge in [0.15, 0.2) is 11.3 Å². The van der Waals surface area contributed by atoms with Gasteiger partial charge in [-0.1, -0.05) is 19.0 Å². The molecule has 250 valence electrons. The van der Waals surface area contributed by atoms with E-state index in [-0.39, 0.29) is 48.3 Å². The van der Waals surface area contributed by atoms with Crippen molar-refractivity contribution in [3.8, 4) is 0 Å². The number of nitrogens with one attached hydrogen (secondary N) is 2. The Hall–Kier alpha value is -3.96. The summed E-state index contributed by atoms with van der Waals surface area (Å²) in [5.74, 6) is -0.629. The minimum atomic E-state index is -4.62. The van der Waals surface area contributed by atoms with Gasteiger partial charge in [0.1, 0.15) is 18.0 Å². The number of urea groups is 1. The Labute approximate surface area is 258 Å². The van der Waals surface area contributed by atoms with Gasteiger partial charge < -0.3 is 15.4 Å². The van der Waals surface area contributed by atoms with Gasteiger partial charge in [0.2, 0.25) is 0 Å². The molecule has 2 saturated carbocycles. The van der Waals surface area contributed by atoms with E-state index in [0.29, 0.717) is 11.3 Å². The third kappa shape index (κ3) is 6.90. The van der Waals surface area contributed by atoms with Crippen molar-refractivity contribution in [1.29, 1.82) is 0 Å². The molecule has 18 heteroatoms. The van der Waals surface area contributed by atoms with Crippen LogP contribution in [0.4, 0.5) is 31.1 Å². The SMILES string of the molecule is CC(C)(CC[C@H](NC(=O)c1nonc1C1CC1)c1cn2ncc(C[C@H](OC3CC3)N3C[C@@H](C(F)(F)F)NC3=O)cc2n1)C(F)(F)F. The van der Waals surface area contributed by atoms with Crippen LogP contribution in [0.15, 0.2) is 23.1 Å². The van der Waals surface area contributed by atoms with E-state index >= 15 is 0 Å². The summed E-state index contributed by atoms with van der Waals surface area (Å²) in [6.45, 7) is 1.55. The Bertz CT molecular complexity index is 1600. The first-order chi connectivity index (χ1) is 21.6. The summed E-state index contributed by atoms with van der Waals surface area (Å²) < 4.78 is 93.1. The summed E-state index contributed by atoms with van der Waals surface area (Å²) in [5.41, 5.74) is -0.693. The average Bonchev–Trinajstić information content (AvgIpc) is 3.84. The third-order valence-electron chi connectivity index (χ3n) is 8.54. The van der Waals surface area contributed by atoms with E-state index < -0.39 is 54.6 Å². The number of amides is 3. The number of hydrogen-bond donors (Lipinski definition) is 2. The number of carbonyl (C=O) groups is 2. The second-order valence-electron chi connectivity index (χ2n) is 12.7. The van der Waals surface area contributed by atoms with E-state index in [0.717, 1.165) is 44.4 Å². The van der Waals surface area contributed by atoms with Gasteiger partial charge in [-0.2, -0.15) is 31.4 Å². The number of alkyl halides is 6. The van der Waals surface area contributed by atoms with Gasteiger partial charge in [0.05, 0.1) is 42.2 Å². The molecule has 3 amide bonds. The molecule has 0 spiro atoms. The molecule has 3 aromatic rings. The second-order valence-corrected chi connectivity index (χ2v) is 12.7. The van der Waals surface area contributed by atoms with Crippen LogP contribution >= 0.6 is 0 Å². The molecule has 4 heterocycles. The maximum Gasteiger partial charge on any atom is 0.410 e. The summed E-state index contributed by atoms with van der Waals surface area (Å²) in [4.78, 5) is 31.2. The zero-order valence-electron chi connectivity index (χ0n) is 24.9. The summed E-state index contributed by atoms with van der Waals surface area (Å²) in [6, 6.07) is -2.29. The van der Waals surface area contributed by atoms with Crippen molar-refractivity contribution in [3.05, 3.63) is 41.1 Å². The van der Waals surface area contributed by atoms with Gasteiger partial charge in [0.25, 0.3) is 5.91 Å². The quantitative estimate of drug-likeness (QED) is 0.264. The number of ether oxygens (including phenoxy) is 1. The number of carbonyl (C=O) groups excluding carboxylic acids is 2. The number of aromatic nitrogens is 5. The van der Waals surface area contributed by atoms with Crippen molar-refractivity contribution < 1.29 is 45.3 Å². The largest absolute Gasteiger partial charge is 0.410 e. The number of nitrogens with zero attached hydrogens (tertiary/aromatic N) is 6. The zero-order chi connectivity index (χ0) is 33.0. The van der Waals surface area contributed by atoms with Gasteiger partial charge >= 0.3 is 18.4 Å². The number of halogens is 6. The minimum Gasteiger partial charge on any atom is -0.355 e. The third-order valence-corrected chi connectivity index (χ3v) is 8.54. The first-order valence-electron chi connectivity index (χ1n) is 14.9. The molecule has 2 N–H and O–H groups in total. The smallest absolute Gasteiger partial charge is 0.355 e. The fraction of sp³-hybridized carbons (Fsp3) is 0.643. The lowest BCUT2D eigenvalue weighted by Crippen LogP contribution is -2.42. The van der Waals surface area contributed by atoms with Gasteiger partial charge in [-0.3, -0.25) is 9.69 Å².